The van der Waals surface area contributed by atoms with Gasteiger partial charge in [-0.2, -0.15) is 0 Å². The molecule has 1 fully saturated rings. The van der Waals surface area contributed by atoms with Crippen molar-refractivity contribution in [2.45, 2.75) is 46.1 Å². The van der Waals surface area contributed by atoms with Crippen molar-refractivity contribution in [3.8, 4) is 11.4 Å². The van der Waals surface area contributed by atoms with Crippen molar-refractivity contribution in [1.82, 2.24) is 19.8 Å². The summed E-state index contributed by atoms with van der Waals surface area (Å²) >= 11 is 0. The summed E-state index contributed by atoms with van der Waals surface area (Å²) in [6.45, 7) is 8.18. The van der Waals surface area contributed by atoms with E-state index >= 15 is 0 Å². The van der Waals surface area contributed by atoms with Crippen molar-refractivity contribution in [2.24, 2.45) is 0 Å². The molecule has 1 N–H and O–H groups in total. The number of aromatic amines is 1. The lowest BCUT2D eigenvalue weighted by molar-refractivity contribution is -0.128. The molecule has 0 bridgehead atoms. The summed E-state index contributed by atoms with van der Waals surface area (Å²) in [6, 6.07) is 9.84. The van der Waals surface area contributed by atoms with Gasteiger partial charge in [-0.1, -0.05) is 37.6 Å². The number of carbonyl (C=O) groups excluding carboxylic acids is 1. The van der Waals surface area contributed by atoms with E-state index in [1.165, 1.54) is 5.56 Å². The van der Waals surface area contributed by atoms with Gasteiger partial charge in [0.05, 0.1) is 0 Å². The molecule has 0 saturated carbocycles. The second-order valence-electron chi connectivity index (χ2n) is 7.52. The van der Waals surface area contributed by atoms with E-state index in [0.29, 0.717) is 5.82 Å². The first-order valence-electron chi connectivity index (χ1n) is 10.2. The maximum Gasteiger partial charge on any atom is 0.251 e. The number of unbranched alkanes of at least 4 members (excludes halogenated alkanes) is 1. The predicted octanol–water partition coefficient (Wildman–Crippen LogP) is 2.83. The molecule has 6 nitrogen and oxygen atoms in total. The smallest absolute Gasteiger partial charge is 0.251 e. The van der Waals surface area contributed by atoms with Crippen molar-refractivity contribution >= 4 is 5.91 Å². The third-order valence-corrected chi connectivity index (χ3v) is 5.25. The van der Waals surface area contributed by atoms with Crippen molar-refractivity contribution in [3.05, 3.63) is 51.9 Å². The van der Waals surface area contributed by atoms with Crippen LogP contribution in [0.4, 0.5) is 0 Å². The molecule has 0 unspecified atom stereocenters. The maximum atomic E-state index is 12.0. The zero-order chi connectivity index (χ0) is 19.9. The molecule has 2 heterocycles. The first-order chi connectivity index (χ1) is 13.5. The van der Waals surface area contributed by atoms with Gasteiger partial charge in [0, 0.05) is 57.0 Å². The Morgan fingerprint density at radius 1 is 1.14 bits per heavy atom. The van der Waals surface area contributed by atoms with Crippen LogP contribution in [0, 0.1) is 0 Å². The lowest BCUT2D eigenvalue weighted by atomic mass is 10.1. The number of carbonyl (C=O) groups is 1. The highest BCUT2D eigenvalue weighted by atomic mass is 16.2. The number of hydrogen-bond acceptors (Lipinski definition) is 4. The molecule has 150 valence electrons. The molecular formula is C22H30N4O2. The highest BCUT2D eigenvalue weighted by Crippen LogP contribution is 2.17. The van der Waals surface area contributed by atoms with E-state index in [1.807, 2.05) is 17.0 Å². The molecule has 1 saturated heterocycles. The molecule has 6 heteroatoms. The maximum absolute atomic E-state index is 12.0. The van der Waals surface area contributed by atoms with Gasteiger partial charge in [-0.05, 0) is 24.8 Å². The minimum atomic E-state index is -0.0974. The molecule has 1 aliphatic rings. The van der Waals surface area contributed by atoms with Gasteiger partial charge in [-0.25, -0.2) is 4.98 Å². The zero-order valence-electron chi connectivity index (χ0n) is 16.9. The fourth-order valence-corrected chi connectivity index (χ4v) is 3.60. The highest BCUT2D eigenvalue weighted by molar-refractivity contribution is 5.73. The van der Waals surface area contributed by atoms with Crippen molar-refractivity contribution < 1.29 is 4.79 Å². The number of hydrogen-bond donors (Lipinski definition) is 1. The monoisotopic (exact) mass is 382 g/mol. The van der Waals surface area contributed by atoms with E-state index in [-0.39, 0.29) is 11.5 Å². The van der Waals surface area contributed by atoms with E-state index in [9.17, 15) is 9.59 Å². The summed E-state index contributed by atoms with van der Waals surface area (Å²) in [4.78, 5) is 35.3. The second-order valence-corrected chi connectivity index (χ2v) is 7.52. The third-order valence-electron chi connectivity index (χ3n) is 5.25. The first-order valence-corrected chi connectivity index (χ1v) is 10.2. The number of nitrogens with zero attached hydrogens (tertiary/aromatic N) is 3. The highest BCUT2D eigenvalue weighted by Gasteiger charge is 2.16. The Morgan fingerprint density at radius 3 is 2.64 bits per heavy atom. The molecule has 2 aromatic rings. The lowest BCUT2D eigenvalue weighted by Gasteiger charge is -2.21. The van der Waals surface area contributed by atoms with E-state index < -0.39 is 0 Å². The van der Waals surface area contributed by atoms with Crippen LogP contribution in [0.2, 0.25) is 0 Å². The third kappa shape index (κ3) is 5.52. The molecule has 0 spiro atoms. The predicted molar refractivity (Wildman–Crippen MR) is 111 cm³/mol. The number of aryl methyl sites for hydroxylation is 1. The molecule has 0 aliphatic carbocycles. The number of amides is 1. The fraction of sp³-hybridized carbons (Fsp3) is 0.500. The molecule has 0 radical (unpaired) electrons. The zero-order valence-corrected chi connectivity index (χ0v) is 16.9. The Hall–Kier alpha value is -2.47. The molecule has 1 amide bonds. The summed E-state index contributed by atoms with van der Waals surface area (Å²) in [6.07, 6.45) is 3.95. The average Bonchev–Trinajstić information content (AvgIpc) is 2.92. The summed E-state index contributed by atoms with van der Waals surface area (Å²) in [5.41, 5.74) is 2.91. The van der Waals surface area contributed by atoms with Gasteiger partial charge < -0.3 is 9.88 Å². The average molecular weight is 383 g/mol. The van der Waals surface area contributed by atoms with Crippen LogP contribution in [-0.2, 0) is 17.8 Å². The molecular weight excluding hydrogens is 352 g/mol. The van der Waals surface area contributed by atoms with Crippen molar-refractivity contribution in [1.29, 1.82) is 0 Å². The topological polar surface area (TPSA) is 69.3 Å². The van der Waals surface area contributed by atoms with Crippen LogP contribution < -0.4 is 5.56 Å². The van der Waals surface area contributed by atoms with E-state index in [4.69, 9.17) is 0 Å². The van der Waals surface area contributed by atoms with Gasteiger partial charge in [0.25, 0.3) is 5.56 Å². The summed E-state index contributed by atoms with van der Waals surface area (Å²) in [7, 11) is 0. The fourth-order valence-electron chi connectivity index (χ4n) is 3.60. The van der Waals surface area contributed by atoms with Gasteiger partial charge in [0.2, 0.25) is 5.91 Å². The number of benzene rings is 1. The van der Waals surface area contributed by atoms with Crippen LogP contribution in [0.1, 0.15) is 44.4 Å². The molecule has 1 aromatic heterocycles. The van der Waals surface area contributed by atoms with Crippen LogP contribution in [-0.4, -0.2) is 51.9 Å². The summed E-state index contributed by atoms with van der Waals surface area (Å²) in [5, 5.41) is 0. The first kappa shape index (κ1) is 20.3. The largest absolute Gasteiger partial charge is 0.342 e. The van der Waals surface area contributed by atoms with Gasteiger partial charge in [-0.15, -0.1) is 0 Å². The quantitative estimate of drug-likeness (QED) is 0.834. The summed E-state index contributed by atoms with van der Waals surface area (Å²) < 4.78 is 0. The van der Waals surface area contributed by atoms with Crippen molar-refractivity contribution in [3.63, 3.8) is 0 Å². The van der Waals surface area contributed by atoms with Gasteiger partial charge in [0.1, 0.15) is 5.82 Å². The number of H-pyrrole nitrogens is 1. The van der Waals surface area contributed by atoms with Gasteiger partial charge in [0.15, 0.2) is 0 Å². The molecule has 1 aromatic carbocycles. The Morgan fingerprint density at radius 2 is 1.93 bits per heavy atom. The molecule has 0 atom stereocenters. The van der Waals surface area contributed by atoms with E-state index in [2.05, 4.69) is 33.9 Å². The minimum absolute atomic E-state index is 0.0974. The van der Waals surface area contributed by atoms with Crippen LogP contribution in [0.3, 0.4) is 0 Å². The van der Waals surface area contributed by atoms with Crippen LogP contribution in [0.5, 0.6) is 0 Å². The van der Waals surface area contributed by atoms with Crippen LogP contribution in [0.15, 0.2) is 35.1 Å². The van der Waals surface area contributed by atoms with Crippen molar-refractivity contribution in [2.75, 3.05) is 26.2 Å². The van der Waals surface area contributed by atoms with E-state index in [0.717, 1.165) is 69.7 Å². The SMILES string of the molecule is CCCCc1cc(=O)[nH]c(-c2ccc(CN3CCCN(C(C)=O)CC3)cc2)n1. The van der Waals surface area contributed by atoms with Gasteiger partial charge in [-0.3, -0.25) is 14.5 Å². The molecule has 28 heavy (non-hydrogen) atoms. The van der Waals surface area contributed by atoms with Gasteiger partial charge >= 0.3 is 0 Å². The summed E-state index contributed by atoms with van der Waals surface area (Å²) in [5.74, 6) is 0.797. The molecule has 3 rings (SSSR count). The van der Waals surface area contributed by atoms with E-state index in [1.54, 1.807) is 13.0 Å². The lowest BCUT2D eigenvalue weighted by Crippen LogP contribution is -2.33. The Labute approximate surface area is 166 Å². The normalized spacial score (nSPS) is 15.4. The molecule has 1 aliphatic heterocycles. The second kappa shape index (κ2) is 9.64. The number of rotatable bonds is 6. The number of nitrogens with one attached hydrogen (secondary N) is 1. The Bertz CT molecular complexity index is 844. The number of aromatic nitrogens is 2. The Balaban J connectivity index is 1.66. The standard InChI is InChI=1S/C22H30N4O2/c1-3-4-6-20-15-21(28)24-22(23-20)19-9-7-18(8-10-19)16-25-11-5-12-26(14-13-25)17(2)27/h7-10,15H,3-6,11-14,16H2,1-2H3,(H,23,24,28). The Kier molecular flexibility index (Phi) is 6.98. The van der Waals surface area contributed by atoms with Crippen LogP contribution in [0.25, 0.3) is 11.4 Å². The minimum Gasteiger partial charge on any atom is -0.342 e. The van der Waals surface area contributed by atoms with Crippen LogP contribution >= 0.6 is 0 Å².